The standard InChI is InChI=1S/C24H30N4O4/c1-27(25)19-13-15-7-3-5-9-17(15)23(19)31-21(29)11-12-22(30)32-24-18-10-6-4-8-16(18)14-20(24)28(2)26/h3-10,19-20,23-24H,11-14,25-26H2,1-2H3/t19-,20-,23-,24-/m0/s1. The molecule has 2 aromatic carbocycles. The van der Waals surface area contributed by atoms with Crippen LogP contribution in [0, 0.1) is 0 Å². The van der Waals surface area contributed by atoms with Crippen LogP contribution in [0.5, 0.6) is 0 Å². The summed E-state index contributed by atoms with van der Waals surface area (Å²) in [5.41, 5.74) is 4.15. The van der Waals surface area contributed by atoms with Crippen LogP contribution >= 0.6 is 0 Å². The third-order valence-electron chi connectivity index (χ3n) is 6.38. The maximum Gasteiger partial charge on any atom is 0.307 e. The minimum Gasteiger partial charge on any atom is -0.456 e. The highest BCUT2D eigenvalue weighted by molar-refractivity contribution is 5.78. The number of benzene rings is 2. The number of ether oxygens (including phenoxy) is 2. The smallest absolute Gasteiger partial charge is 0.307 e. The molecule has 0 heterocycles. The predicted octanol–water partition coefficient (Wildman–Crippen LogP) is 1.80. The monoisotopic (exact) mass is 438 g/mol. The third-order valence-corrected chi connectivity index (χ3v) is 6.38. The van der Waals surface area contributed by atoms with Crippen LogP contribution in [0.1, 0.15) is 47.3 Å². The lowest BCUT2D eigenvalue weighted by Gasteiger charge is -2.27. The van der Waals surface area contributed by atoms with Gasteiger partial charge in [-0.1, -0.05) is 48.5 Å². The number of esters is 2. The lowest BCUT2D eigenvalue weighted by molar-refractivity contribution is -0.159. The maximum absolute atomic E-state index is 12.6. The fraction of sp³-hybridized carbons (Fsp3) is 0.417. The highest BCUT2D eigenvalue weighted by Crippen LogP contribution is 2.37. The van der Waals surface area contributed by atoms with Gasteiger partial charge in [0.25, 0.3) is 0 Å². The summed E-state index contributed by atoms with van der Waals surface area (Å²) in [4.78, 5) is 25.1. The number of fused-ring (bicyclic) bond motifs is 2. The molecule has 0 unspecified atom stereocenters. The van der Waals surface area contributed by atoms with Gasteiger partial charge >= 0.3 is 11.9 Å². The van der Waals surface area contributed by atoms with Crippen LogP contribution in [-0.2, 0) is 31.9 Å². The van der Waals surface area contributed by atoms with E-state index in [0.29, 0.717) is 12.8 Å². The molecule has 0 spiro atoms. The Morgan fingerprint density at radius 3 is 1.53 bits per heavy atom. The molecule has 4 rings (SSSR count). The van der Waals surface area contributed by atoms with Gasteiger partial charge < -0.3 is 9.47 Å². The van der Waals surface area contributed by atoms with Crippen molar-refractivity contribution in [2.24, 2.45) is 11.7 Å². The van der Waals surface area contributed by atoms with Crippen LogP contribution < -0.4 is 11.7 Å². The van der Waals surface area contributed by atoms with Crippen molar-refractivity contribution in [3.05, 3.63) is 70.8 Å². The van der Waals surface area contributed by atoms with E-state index in [1.807, 2.05) is 48.5 Å². The molecule has 0 saturated carbocycles. The van der Waals surface area contributed by atoms with E-state index in [0.717, 1.165) is 22.3 Å². The number of carbonyl (C=O) groups excluding carboxylic acids is 2. The Labute approximate surface area is 188 Å². The van der Waals surface area contributed by atoms with E-state index in [4.69, 9.17) is 21.2 Å². The van der Waals surface area contributed by atoms with E-state index in [1.165, 1.54) is 0 Å². The zero-order valence-electron chi connectivity index (χ0n) is 18.4. The van der Waals surface area contributed by atoms with Crippen LogP contribution in [-0.4, -0.2) is 48.1 Å². The molecular formula is C24H30N4O4. The molecule has 170 valence electrons. The Kier molecular flexibility index (Phi) is 6.57. The van der Waals surface area contributed by atoms with Gasteiger partial charge in [0.05, 0.1) is 24.9 Å². The molecule has 2 aliphatic carbocycles. The van der Waals surface area contributed by atoms with Crippen LogP contribution in [0.25, 0.3) is 0 Å². The molecule has 0 radical (unpaired) electrons. The SMILES string of the molecule is CN(N)[C@H]1Cc2ccccc2[C@@H]1OC(=O)CCC(=O)O[C@H]1c2ccccc2C[C@@H]1N(C)N. The number of hydrogen-bond donors (Lipinski definition) is 2. The molecule has 2 aliphatic rings. The largest absolute Gasteiger partial charge is 0.456 e. The number of rotatable bonds is 7. The van der Waals surface area contributed by atoms with Crippen molar-refractivity contribution in [2.75, 3.05) is 14.1 Å². The zero-order valence-corrected chi connectivity index (χ0v) is 18.4. The van der Waals surface area contributed by atoms with E-state index in [1.54, 1.807) is 24.1 Å². The fourth-order valence-electron chi connectivity index (χ4n) is 4.68. The summed E-state index contributed by atoms with van der Waals surface area (Å²) in [6, 6.07) is 15.4. The molecule has 0 fully saturated rings. The van der Waals surface area contributed by atoms with Crippen molar-refractivity contribution < 1.29 is 19.1 Å². The lowest BCUT2D eigenvalue weighted by Crippen LogP contribution is -2.41. The second-order valence-corrected chi connectivity index (χ2v) is 8.59. The van der Waals surface area contributed by atoms with Crippen molar-refractivity contribution in [2.45, 2.75) is 50.0 Å². The van der Waals surface area contributed by atoms with Gasteiger partial charge in [-0.15, -0.1) is 0 Å². The average Bonchev–Trinajstić information content (AvgIpc) is 3.32. The number of nitrogens with zero attached hydrogens (tertiary/aromatic N) is 2. The first-order valence-corrected chi connectivity index (χ1v) is 10.8. The minimum atomic E-state index is -0.457. The van der Waals surface area contributed by atoms with Crippen LogP contribution in [0.2, 0.25) is 0 Å². The number of likely N-dealkylation sites (N-methyl/N-ethyl adjacent to an activating group) is 2. The van der Waals surface area contributed by atoms with E-state index >= 15 is 0 Å². The Morgan fingerprint density at radius 2 is 1.16 bits per heavy atom. The van der Waals surface area contributed by atoms with Gasteiger partial charge in [0.1, 0.15) is 12.2 Å². The van der Waals surface area contributed by atoms with E-state index in [-0.39, 0.29) is 24.9 Å². The van der Waals surface area contributed by atoms with Gasteiger partial charge in [-0.25, -0.2) is 10.0 Å². The average molecular weight is 439 g/mol. The van der Waals surface area contributed by atoms with Crippen LogP contribution in [0.3, 0.4) is 0 Å². The Balaban J connectivity index is 1.35. The van der Waals surface area contributed by atoms with Crippen molar-refractivity contribution >= 4 is 11.9 Å². The molecule has 32 heavy (non-hydrogen) atoms. The summed E-state index contributed by atoms with van der Waals surface area (Å²) in [5.74, 6) is 11.1. The number of hydrazine groups is 2. The molecule has 0 aliphatic heterocycles. The summed E-state index contributed by atoms with van der Waals surface area (Å²) < 4.78 is 11.5. The van der Waals surface area contributed by atoms with Gasteiger partial charge in [0.15, 0.2) is 0 Å². The van der Waals surface area contributed by atoms with Gasteiger partial charge in [-0.05, 0) is 35.1 Å². The zero-order chi connectivity index (χ0) is 22.8. The molecule has 0 aromatic heterocycles. The molecule has 0 saturated heterocycles. The van der Waals surface area contributed by atoms with Crippen molar-refractivity contribution in [1.82, 2.24) is 10.0 Å². The molecule has 0 amide bonds. The first-order chi connectivity index (χ1) is 15.3. The first-order valence-electron chi connectivity index (χ1n) is 10.8. The highest BCUT2D eigenvalue weighted by Gasteiger charge is 2.38. The summed E-state index contributed by atoms with van der Waals surface area (Å²) in [7, 11) is 3.53. The molecule has 8 nitrogen and oxygen atoms in total. The molecule has 4 atom stereocenters. The summed E-state index contributed by atoms with van der Waals surface area (Å²) in [6.45, 7) is 0. The Hall–Kier alpha value is -2.78. The van der Waals surface area contributed by atoms with Gasteiger partial charge in [-0.3, -0.25) is 21.3 Å². The van der Waals surface area contributed by atoms with Gasteiger partial charge in [-0.2, -0.15) is 0 Å². The lowest BCUT2D eigenvalue weighted by atomic mass is 10.1. The molecule has 8 heteroatoms. The van der Waals surface area contributed by atoms with Gasteiger partial charge in [0, 0.05) is 14.1 Å². The second-order valence-electron chi connectivity index (χ2n) is 8.59. The van der Waals surface area contributed by atoms with Crippen LogP contribution in [0.4, 0.5) is 0 Å². The van der Waals surface area contributed by atoms with E-state index in [9.17, 15) is 9.59 Å². The fourth-order valence-corrected chi connectivity index (χ4v) is 4.68. The highest BCUT2D eigenvalue weighted by atomic mass is 16.6. The van der Waals surface area contributed by atoms with E-state index in [2.05, 4.69) is 0 Å². The second kappa shape index (κ2) is 9.38. The number of carbonyl (C=O) groups is 2. The number of hydrogen-bond acceptors (Lipinski definition) is 8. The van der Waals surface area contributed by atoms with Gasteiger partial charge in [0.2, 0.25) is 0 Å². The topological polar surface area (TPSA) is 111 Å². The maximum atomic E-state index is 12.6. The summed E-state index contributed by atoms with van der Waals surface area (Å²) in [5, 5.41) is 3.15. The predicted molar refractivity (Wildman–Crippen MR) is 119 cm³/mol. The van der Waals surface area contributed by atoms with Crippen molar-refractivity contribution in [3.8, 4) is 0 Å². The normalized spacial score (nSPS) is 23.8. The molecule has 2 aromatic rings. The minimum absolute atomic E-state index is 0.0595. The molecule has 0 bridgehead atoms. The third kappa shape index (κ3) is 4.54. The quantitative estimate of drug-likeness (QED) is 0.382. The van der Waals surface area contributed by atoms with Crippen molar-refractivity contribution in [1.29, 1.82) is 0 Å². The Morgan fingerprint density at radius 1 is 0.781 bits per heavy atom. The summed E-state index contributed by atoms with van der Waals surface area (Å²) >= 11 is 0. The Bertz CT molecular complexity index is 914. The summed E-state index contributed by atoms with van der Waals surface area (Å²) in [6.07, 6.45) is 0.381. The number of nitrogens with two attached hydrogens (primary N) is 2. The first kappa shape index (κ1) is 22.4. The van der Waals surface area contributed by atoms with Crippen molar-refractivity contribution in [3.63, 3.8) is 0 Å². The molecular weight excluding hydrogens is 408 g/mol. The van der Waals surface area contributed by atoms with E-state index < -0.39 is 24.1 Å². The molecule has 4 N–H and O–H groups in total. The van der Waals surface area contributed by atoms with Crippen LogP contribution in [0.15, 0.2) is 48.5 Å².